The molecule has 0 N–H and O–H groups in total. The Balaban J connectivity index is 2.72. The van der Waals surface area contributed by atoms with E-state index in [1.165, 1.54) is 7.11 Å². The Labute approximate surface area is 120 Å². The lowest BCUT2D eigenvalue weighted by Gasteiger charge is -2.20. The average Bonchev–Trinajstić information content (AvgIpc) is 2.36. The maximum absolute atomic E-state index is 12.5. The molecule has 0 atom stereocenters. The molecule has 110 valence electrons. The minimum Gasteiger partial charge on any atom is -0.469 e. The van der Waals surface area contributed by atoms with E-state index < -0.39 is 0 Å². The maximum atomic E-state index is 12.5. The molecule has 0 aliphatic rings. The monoisotopic (exact) mass is 277 g/mol. The van der Waals surface area contributed by atoms with E-state index in [2.05, 4.69) is 4.74 Å². The largest absolute Gasteiger partial charge is 0.469 e. The van der Waals surface area contributed by atoms with Crippen molar-refractivity contribution < 1.29 is 14.3 Å². The van der Waals surface area contributed by atoms with Gasteiger partial charge in [-0.25, -0.2) is 0 Å². The molecule has 0 saturated heterocycles. The first kappa shape index (κ1) is 16.2. The van der Waals surface area contributed by atoms with E-state index in [9.17, 15) is 9.59 Å². The van der Waals surface area contributed by atoms with Gasteiger partial charge in [-0.3, -0.25) is 9.59 Å². The summed E-state index contributed by atoms with van der Waals surface area (Å²) in [6, 6.07) is 4.03. The molecule has 1 aromatic rings. The Morgan fingerprint density at radius 3 is 2.20 bits per heavy atom. The van der Waals surface area contributed by atoms with Gasteiger partial charge in [0.1, 0.15) is 0 Å². The van der Waals surface area contributed by atoms with Crippen LogP contribution in [0.4, 0.5) is 0 Å². The third-order valence-corrected chi connectivity index (χ3v) is 3.34. The molecule has 0 aliphatic heterocycles. The number of carbonyl (C=O) groups is 2. The third-order valence-electron chi connectivity index (χ3n) is 3.34. The number of amides is 1. The maximum Gasteiger partial charge on any atom is 0.305 e. The van der Waals surface area contributed by atoms with Crippen LogP contribution in [0, 0.1) is 20.8 Å². The number of carbonyl (C=O) groups excluding carboxylic acids is 2. The van der Waals surface area contributed by atoms with Gasteiger partial charge in [0, 0.05) is 25.6 Å². The molecular weight excluding hydrogens is 254 g/mol. The SMILES string of the molecule is COC(=O)CCCN(C)C(=O)c1c(C)cc(C)cc1C. The highest BCUT2D eigenvalue weighted by Gasteiger charge is 2.17. The minimum atomic E-state index is -0.242. The molecule has 1 amide bonds. The first-order valence-electron chi connectivity index (χ1n) is 6.77. The summed E-state index contributed by atoms with van der Waals surface area (Å²) in [6.07, 6.45) is 0.943. The summed E-state index contributed by atoms with van der Waals surface area (Å²) >= 11 is 0. The summed E-state index contributed by atoms with van der Waals surface area (Å²) in [7, 11) is 3.13. The van der Waals surface area contributed by atoms with Gasteiger partial charge < -0.3 is 9.64 Å². The number of hydrogen-bond acceptors (Lipinski definition) is 3. The van der Waals surface area contributed by atoms with Crippen molar-refractivity contribution in [3.63, 3.8) is 0 Å². The van der Waals surface area contributed by atoms with E-state index in [1.807, 2.05) is 32.9 Å². The van der Waals surface area contributed by atoms with Crippen molar-refractivity contribution in [3.05, 3.63) is 34.4 Å². The van der Waals surface area contributed by atoms with Gasteiger partial charge in [0.25, 0.3) is 5.91 Å². The Kier molecular flexibility index (Phi) is 5.74. The molecule has 0 fully saturated rings. The van der Waals surface area contributed by atoms with Gasteiger partial charge in [-0.05, 0) is 38.3 Å². The molecule has 0 aliphatic carbocycles. The highest BCUT2D eigenvalue weighted by Crippen LogP contribution is 2.18. The third kappa shape index (κ3) is 4.08. The van der Waals surface area contributed by atoms with Crippen LogP contribution in [0.3, 0.4) is 0 Å². The summed E-state index contributed by atoms with van der Waals surface area (Å²) in [5.41, 5.74) is 3.90. The predicted molar refractivity (Wildman–Crippen MR) is 78.9 cm³/mol. The lowest BCUT2D eigenvalue weighted by Crippen LogP contribution is -2.29. The second-order valence-corrected chi connectivity index (χ2v) is 5.18. The molecule has 1 aromatic carbocycles. The van der Waals surface area contributed by atoms with Crippen LogP contribution in [0.5, 0.6) is 0 Å². The molecule has 1 rings (SSSR count). The average molecular weight is 277 g/mol. The Bertz CT molecular complexity index is 485. The van der Waals surface area contributed by atoms with E-state index >= 15 is 0 Å². The molecule has 0 radical (unpaired) electrons. The van der Waals surface area contributed by atoms with Crippen molar-refractivity contribution in [2.45, 2.75) is 33.6 Å². The topological polar surface area (TPSA) is 46.6 Å². The van der Waals surface area contributed by atoms with E-state index in [4.69, 9.17) is 0 Å². The zero-order valence-electron chi connectivity index (χ0n) is 12.9. The second kappa shape index (κ2) is 7.08. The van der Waals surface area contributed by atoms with Crippen LogP contribution in [0.2, 0.25) is 0 Å². The van der Waals surface area contributed by atoms with Crippen LogP contribution in [-0.4, -0.2) is 37.5 Å². The lowest BCUT2D eigenvalue weighted by atomic mass is 9.99. The molecular formula is C16H23NO3. The fourth-order valence-corrected chi connectivity index (χ4v) is 2.37. The van der Waals surface area contributed by atoms with Crippen molar-refractivity contribution in [3.8, 4) is 0 Å². The van der Waals surface area contributed by atoms with Crippen LogP contribution in [0.1, 0.15) is 39.9 Å². The van der Waals surface area contributed by atoms with Crippen molar-refractivity contribution in [2.24, 2.45) is 0 Å². The molecule has 0 aromatic heterocycles. The normalized spacial score (nSPS) is 10.2. The van der Waals surface area contributed by atoms with Gasteiger partial charge in [0.15, 0.2) is 0 Å². The summed E-state index contributed by atoms with van der Waals surface area (Å²) in [5, 5.41) is 0. The quantitative estimate of drug-likeness (QED) is 0.777. The first-order chi connectivity index (χ1) is 9.36. The fourth-order valence-electron chi connectivity index (χ4n) is 2.37. The number of hydrogen-bond donors (Lipinski definition) is 0. The van der Waals surface area contributed by atoms with Crippen molar-refractivity contribution in [1.29, 1.82) is 0 Å². The van der Waals surface area contributed by atoms with Gasteiger partial charge in [-0.2, -0.15) is 0 Å². The van der Waals surface area contributed by atoms with Crippen LogP contribution >= 0.6 is 0 Å². The van der Waals surface area contributed by atoms with Gasteiger partial charge in [0.2, 0.25) is 0 Å². The molecule has 0 saturated carbocycles. The van der Waals surface area contributed by atoms with Crippen LogP contribution in [-0.2, 0) is 9.53 Å². The smallest absolute Gasteiger partial charge is 0.305 e. The molecule has 0 bridgehead atoms. The van der Waals surface area contributed by atoms with Gasteiger partial charge in [-0.1, -0.05) is 17.7 Å². The molecule has 20 heavy (non-hydrogen) atoms. The van der Waals surface area contributed by atoms with E-state index in [0.717, 1.165) is 22.3 Å². The number of nitrogens with zero attached hydrogens (tertiary/aromatic N) is 1. The molecule has 4 heteroatoms. The lowest BCUT2D eigenvalue weighted by molar-refractivity contribution is -0.140. The molecule has 0 unspecified atom stereocenters. The standard InChI is InChI=1S/C16H23NO3/c1-11-9-12(2)15(13(3)10-11)16(19)17(4)8-6-7-14(18)20-5/h9-10H,6-8H2,1-5H3. The van der Waals surface area contributed by atoms with E-state index in [1.54, 1.807) is 11.9 Å². The first-order valence-corrected chi connectivity index (χ1v) is 6.77. The summed E-state index contributed by atoms with van der Waals surface area (Å²) in [4.78, 5) is 25.2. The predicted octanol–water partition coefficient (Wildman–Crippen LogP) is 2.64. The number of methoxy groups -OCH3 is 1. The van der Waals surface area contributed by atoms with Crippen LogP contribution in [0.25, 0.3) is 0 Å². The Hall–Kier alpha value is -1.84. The van der Waals surface area contributed by atoms with Crippen molar-refractivity contribution in [2.75, 3.05) is 20.7 Å². The highest BCUT2D eigenvalue weighted by molar-refractivity contribution is 5.97. The number of ether oxygens (including phenoxy) is 1. The van der Waals surface area contributed by atoms with E-state index in [0.29, 0.717) is 19.4 Å². The number of aryl methyl sites for hydroxylation is 3. The molecule has 4 nitrogen and oxygen atoms in total. The zero-order valence-corrected chi connectivity index (χ0v) is 12.9. The summed E-state index contributed by atoms with van der Waals surface area (Å²) in [6.45, 7) is 6.47. The molecule has 0 spiro atoms. The van der Waals surface area contributed by atoms with Gasteiger partial charge in [0.05, 0.1) is 7.11 Å². The van der Waals surface area contributed by atoms with Gasteiger partial charge in [-0.15, -0.1) is 0 Å². The van der Waals surface area contributed by atoms with E-state index in [-0.39, 0.29) is 11.9 Å². The second-order valence-electron chi connectivity index (χ2n) is 5.18. The number of rotatable bonds is 5. The van der Waals surface area contributed by atoms with Crippen molar-refractivity contribution >= 4 is 11.9 Å². The minimum absolute atomic E-state index is 0.00451. The Morgan fingerprint density at radius 1 is 1.15 bits per heavy atom. The summed E-state index contributed by atoms with van der Waals surface area (Å²) in [5.74, 6) is -0.238. The van der Waals surface area contributed by atoms with Crippen molar-refractivity contribution in [1.82, 2.24) is 4.90 Å². The number of benzene rings is 1. The number of esters is 1. The molecule has 0 heterocycles. The van der Waals surface area contributed by atoms with Gasteiger partial charge >= 0.3 is 5.97 Å². The zero-order chi connectivity index (χ0) is 15.3. The van der Waals surface area contributed by atoms with Crippen LogP contribution in [0.15, 0.2) is 12.1 Å². The Morgan fingerprint density at radius 2 is 1.70 bits per heavy atom. The summed E-state index contributed by atoms with van der Waals surface area (Å²) < 4.78 is 4.59. The van der Waals surface area contributed by atoms with Crippen LogP contribution < -0.4 is 0 Å². The fraction of sp³-hybridized carbons (Fsp3) is 0.500. The highest BCUT2D eigenvalue weighted by atomic mass is 16.5.